The van der Waals surface area contributed by atoms with Gasteiger partial charge in [0.15, 0.2) is 6.29 Å². The minimum Gasteiger partial charge on any atom is -0.667 e. The van der Waals surface area contributed by atoms with Gasteiger partial charge in [-0.1, -0.05) is 41.5 Å². The first-order valence-corrected chi connectivity index (χ1v) is 8.77. The summed E-state index contributed by atoms with van der Waals surface area (Å²) < 4.78 is 10.5. The van der Waals surface area contributed by atoms with Gasteiger partial charge in [0, 0.05) is 32.9 Å². The van der Waals surface area contributed by atoms with E-state index in [0.717, 1.165) is 4.90 Å². The largest absolute Gasteiger partial charge is 0.667 e. The van der Waals surface area contributed by atoms with E-state index in [4.69, 9.17) is 15.2 Å². The number of rotatable bonds is 7. The monoisotopic (exact) mass is 529 g/mol. The molecule has 0 aromatic heterocycles. The first-order chi connectivity index (χ1) is 11.5. The van der Waals surface area contributed by atoms with E-state index in [1.165, 1.54) is 0 Å². The Hall–Kier alpha value is -0.782. The van der Waals surface area contributed by atoms with Crippen LogP contribution in [0.1, 0.15) is 54.4 Å². The van der Waals surface area contributed by atoms with Gasteiger partial charge in [0.05, 0.1) is 25.7 Å². The fourth-order valence-corrected chi connectivity index (χ4v) is 2.02. The van der Waals surface area contributed by atoms with Crippen LogP contribution in [0.2, 0.25) is 0 Å². The Labute approximate surface area is 166 Å². The van der Waals surface area contributed by atoms with Crippen LogP contribution in [0.3, 0.4) is 0 Å². The van der Waals surface area contributed by atoms with Crippen molar-refractivity contribution in [2.45, 2.75) is 60.7 Å². The maximum absolute atomic E-state index is 12.1. The molecule has 3 amide bonds. The number of nitrogens with one attached hydrogen (secondary N) is 1. The summed E-state index contributed by atoms with van der Waals surface area (Å²) in [4.78, 5) is 35.0. The van der Waals surface area contributed by atoms with Crippen LogP contribution in [0, 0.1) is 11.8 Å². The Morgan fingerprint density at radius 2 is 1.56 bits per heavy atom. The third-order valence-electron chi connectivity index (χ3n) is 3.43. The summed E-state index contributed by atoms with van der Waals surface area (Å²) in [5.41, 5.74) is 6.97. The molecule has 0 aromatic carbocycles. The van der Waals surface area contributed by atoms with Crippen molar-refractivity contribution in [1.82, 2.24) is 4.90 Å². The van der Waals surface area contributed by atoms with Crippen molar-refractivity contribution >= 4 is 18.2 Å². The van der Waals surface area contributed by atoms with Crippen LogP contribution < -0.4 is 0 Å². The van der Waals surface area contributed by atoms with Gasteiger partial charge in [0.25, 0.3) is 0 Å². The zero-order chi connectivity index (χ0) is 19.1. The quantitative estimate of drug-likeness (QED) is 0.473. The average molecular weight is 529 g/mol. The van der Waals surface area contributed by atoms with E-state index in [9.17, 15) is 14.4 Å². The van der Waals surface area contributed by atoms with Crippen LogP contribution in [0.15, 0.2) is 0 Å². The van der Waals surface area contributed by atoms with E-state index in [0.29, 0.717) is 19.3 Å². The van der Waals surface area contributed by atoms with Gasteiger partial charge < -0.3 is 20.0 Å². The number of imide groups is 1. The Morgan fingerprint density at radius 3 is 1.88 bits per heavy atom. The molecular formula is C17H33N2O5W-. The molecule has 0 bridgehead atoms. The summed E-state index contributed by atoms with van der Waals surface area (Å²) >= 11 is 0. The van der Waals surface area contributed by atoms with Crippen molar-refractivity contribution in [3.05, 3.63) is 5.73 Å². The first-order valence-electron chi connectivity index (χ1n) is 8.77. The Bertz CT molecular complexity index is 357. The second kappa shape index (κ2) is 18.0. The van der Waals surface area contributed by atoms with Crippen LogP contribution in [0.4, 0.5) is 0 Å². The zero-order valence-corrected chi connectivity index (χ0v) is 19.2. The molecule has 1 heterocycles. The van der Waals surface area contributed by atoms with Gasteiger partial charge in [0.1, 0.15) is 0 Å². The molecule has 1 aliphatic rings. The molecule has 0 aromatic rings. The molecule has 0 spiro atoms. The van der Waals surface area contributed by atoms with Crippen molar-refractivity contribution < 1.29 is 44.9 Å². The SMILES string of the molecule is CC.CC.CCC(CC)C(=O)N(C=O)CC1OCC(C([NH-])=O)CO1.[W]. The number of hydrogen-bond donors (Lipinski definition) is 0. The Kier molecular flexibility index (Phi) is 20.9. The van der Waals surface area contributed by atoms with Crippen molar-refractivity contribution in [3.63, 3.8) is 0 Å². The van der Waals surface area contributed by atoms with Gasteiger partial charge in [-0.05, 0) is 12.8 Å². The molecule has 7 nitrogen and oxygen atoms in total. The summed E-state index contributed by atoms with van der Waals surface area (Å²) in [5.74, 6) is -1.75. The molecule has 0 atom stereocenters. The summed E-state index contributed by atoms with van der Waals surface area (Å²) in [6, 6.07) is 0. The summed E-state index contributed by atoms with van der Waals surface area (Å²) in [6.07, 6.45) is 1.09. The topological polar surface area (TPSA) is 96.7 Å². The Balaban J connectivity index is -0.000000899. The molecule has 8 heteroatoms. The Morgan fingerprint density at radius 1 is 1.12 bits per heavy atom. The third kappa shape index (κ3) is 10.7. The molecule has 25 heavy (non-hydrogen) atoms. The molecule has 148 valence electrons. The van der Waals surface area contributed by atoms with E-state index < -0.39 is 18.1 Å². The van der Waals surface area contributed by atoms with Crippen LogP contribution in [0.5, 0.6) is 0 Å². The third-order valence-corrected chi connectivity index (χ3v) is 3.43. The first kappa shape index (κ1) is 29.0. The molecule has 0 saturated carbocycles. The fourth-order valence-electron chi connectivity index (χ4n) is 2.02. The molecule has 0 unspecified atom stereocenters. The van der Waals surface area contributed by atoms with E-state index in [1.807, 2.05) is 41.5 Å². The van der Waals surface area contributed by atoms with Gasteiger partial charge in [0.2, 0.25) is 12.3 Å². The molecular weight excluding hydrogens is 496 g/mol. The minimum absolute atomic E-state index is 0. The normalized spacial score (nSPS) is 18.5. The predicted octanol–water partition coefficient (Wildman–Crippen LogP) is 3.03. The van der Waals surface area contributed by atoms with Crippen LogP contribution in [0.25, 0.3) is 5.73 Å². The zero-order valence-electron chi connectivity index (χ0n) is 16.2. The summed E-state index contributed by atoms with van der Waals surface area (Å²) in [7, 11) is 0. The van der Waals surface area contributed by atoms with Crippen LogP contribution >= 0.6 is 0 Å². The number of hydrogen-bond acceptors (Lipinski definition) is 5. The molecule has 1 N–H and O–H groups in total. The standard InChI is InChI=1S/C13H22N2O5.2C2H6.W/c1-3-9(4-2)13(18)15(8-16)5-11-19-6-10(7-20-11)12(14)17;2*1-2;/h8-11H,3-7H2,1-2H3,(H2,14,17);2*1-2H3;/p-1. The molecule has 1 saturated heterocycles. The number of carbonyl (C=O) groups is 3. The van der Waals surface area contributed by atoms with Gasteiger partial charge in [-0.25, -0.2) is 0 Å². The van der Waals surface area contributed by atoms with Crippen LogP contribution in [-0.4, -0.2) is 49.2 Å². The molecule has 1 fully saturated rings. The van der Waals surface area contributed by atoms with Crippen molar-refractivity contribution in [3.8, 4) is 0 Å². The van der Waals surface area contributed by atoms with E-state index in [1.54, 1.807) is 0 Å². The van der Waals surface area contributed by atoms with Gasteiger partial charge >= 0.3 is 0 Å². The van der Waals surface area contributed by atoms with Crippen LogP contribution in [-0.2, 0) is 44.9 Å². The number of amides is 3. The second-order valence-corrected chi connectivity index (χ2v) is 4.77. The maximum Gasteiger partial charge on any atom is 0.232 e. The van der Waals surface area contributed by atoms with Gasteiger partial charge in [-0.15, -0.1) is 0 Å². The second-order valence-electron chi connectivity index (χ2n) is 4.77. The minimum atomic E-state index is -0.733. The average Bonchev–Trinajstić information content (AvgIpc) is 2.64. The van der Waals surface area contributed by atoms with Gasteiger partial charge in [-0.3, -0.25) is 14.5 Å². The molecule has 0 radical (unpaired) electrons. The van der Waals surface area contributed by atoms with E-state index >= 15 is 0 Å². The van der Waals surface area contributed by atoms with E-state index in [2.05, 4.69) is 0 Å². The maximum atomic E-state index is 12.1. The predicted molar refractivity (Wildman–Crippen MR) is 93.1 cm³/mol. The number of nitrogens with zero attached hydrogens (tertiary/aromatic N) is 1. The molecule has 1 aliphatic heterocycles. The van der Waals surface area contributed by atoms with Gasteiger partial charge in [-0.2, -0.15) is 0 Å². The number of ether oxygens (including phenoxy) is 2. The van der Waals surface area contributed by atoms with E-state index in [-0.39, 0.29) is 52.6 Å². The smallest absolute Gasteiger partial charge is 0.232 e. The fraction of sp³-hybridized carbons (Fsp3) is 0.824. The van der Waals surface area contributed by atoms with Crippen molar-refractivity contribution in [2.24, 2.45) is 11.8 Å². The molecule has 1 rings (SSSR count). The molecule has 0 aliphatic carbocycles. The summed E-state index contributed by atoms with van der Waals surface area (Å²) in [6.45, 7) is 12.0. The summed E-state index contributed by atoms with van der Waals surface area (Å²) in [5, 5.41) is 0. The number of carbonyl (C=O) groups excluding carboxylic acids is 3. The van der Waals surface area contributed by atoms with Crippen molar-refractivity contribution in [2.75, 3.05) is 19.8 Å². The van der Waals surface area contributed by atoms with Crippen molar-refractivity contribution in [1.29, 1.82) is 0 Å².